The van der Waals surface area contributed by atoms with Crippen molar-refractivity contribution in [1.29, 1.82) is 0 Å². The number of Topliss-reactive ketones (excluding diaryl/α,β-unsaturated/α-hetero) is 1. The number of carbonyl (C=O) groups is 1. The lowest BCUT2D eigenvalue weighted by Crippen LogP contribution is -2.49. The Morgan fingerprint density at radius 2 is 2.00 bits per heavy atom. The van der Waals surface area contributed by atoms with Gasteiger partial charge < -0.3 is 5.32 Å². The van der Waals surface area contributed by atoms with Gasteiger partial charge in [-0.05, 0) is 37.2 Å². The Morgan fingerprint density at radius 3 is 2.74 bits per heavy atom. The monoisotopic (exact) mass is 444 g/mol. The number of nitrogens with one attached hydrogen (secondary N) is 1. The van der Waals surface area contributed by atoms with E-state index in [1.807, 2.05) is 0 Å². The average Bonchev–Trinajstić information content (AvgIpc) is 3.26. The average molecular weight is 445 g/mol. The van der Waals surface area contributed by atoms with Crippen molar-refractivity contribution in [3.8, 4) is 0 Å². The summed E-state index contributed by atoms with van der Waals surface area (Å²) in [6, 6.07) is 1.53. The maximum Gasteiger partial charge on any atom is 0.262 e. The van der Waals surface area contributed by atoms with E-state index < -0.39 is 15.4 Å². The lowest BCUT2D eigenvalue weighted by molar-refractivity contribution is -0.119. The molecule has 3 aliphatic heterocycles. The molecule has 1 unspecified atom stereocenters. The lowest BCUT2D eigenvalue weighted by Gasteiger charge is -2.47. The number of ketones is 1. The molecule has 166 valence electrons. The molecule has 1 aliphatic carbocycles. The molecule has 0 radical (unpaired) electrons. The summed E-state index contributed by atoms with van der Waals surface area (Å²) in [6.07, 6.45) is 6.33. The van der Waals surface area contributed by atoms with Gasteiger partial charge in [0.05, 0.1) is 6.20 Å². The Hall–Kier alpha value is -2.33. The molecular formula is C21H28N6O3S. The van der Waals surface area contributed by atoms with Crippen LogP contribution in [-0.4, -0.2) is 47.5 Å². The summed E-state index contributed by atoms with van der Waals surface area (Å²) in [5.41, 5.74) is 2.16. The Morgan fingerprint density at radius 1 is 1.19 bits per heavy atom. The summed E-state index contributed by atoms with van der Waals surface area (Å²) in [4.78, 5) is 13.4. The van der Waals surface area contributed by atoms with E-state index in [9.17, 15) is 13.2 Å². The number of allylic oxidation sites excluding steroid dienone is 2. The Kier molecular flexibility index (Phi) is 4.53. The van der Waals surface area contributed by atoms with Crippen molar-refractivity contribution in [2.75, 3.05) is 13.1 Å². The summed E-state index contributed by atoms with van der Waals surface area (Å²) < 4.78 is 29.4. The van der Waals surface area contributed by atoms with Gasteiger partial charge in [-0.25, -0.2) is 8.42 Å². The number of hydrogen-bond acceptors (Lipinski definition) is 7. The van der Waals surface area contributed by atoms with Gasteiger partial charge in [0.15, 0.2) is 17.0 Å². The predicted molar refractivity (Wildman–Crippen MR) is 113 cm³/mol. The maximum absolute atomic E-state index is 13.4. The number of sulfonamides is 1. The molecule has 1 aromatic rings. The van der Waals surface area contributed by atoms with E-state index in [4.69, 9.17) is 0 Å². The van der Waals surface area contributed by atoms with Crippen LogP contribution in [0.2, 0.25) is 0 Å². The molecule has 1 spiro atoms. The topological polar surface area (TPSA) is 109 Å². The third-order valence-corrected chi connectivity index (χ3v) is 8.77. The van der Waals surface area contributed by atoms with E-state index in [1.165, 1.54) is 15.1 Å². The van der Waals surface area contributed by atoms with E-state index >= 15 is 0 Å². The Bertz CT molecular complexity index is 1150. The standard InChI is InChI=1S/C21H28N6O3S/c1-20(2)11-15-18(16(28)12-20)21(14-13-22-24-19(14)23-15)6-4-8-27(10-7-21)31(29,30)17-5-9-26(3)25-17/h5,9,13,19,23H,4,6-8,10-12H2,1-3H3/t19?,21-/m0/s1. The molecular weight excluding hydrogens is 416 g/mol. The van der Waals surface area contributed by atoms with Crippen molar-refractivity contribution in [2.45, 2.75) is 57.1 Å². The third kappa shape index (κ3) is 3.18. The van der Waals surface area contributed by atoms with Gasteiger partial charge in [-0.1, -0.05) is 13.8 Å². The summed E-state index contributed by atoms with van der Waals surface area (Å²) in [6.45, 7) is 4.96. The number of azo groups is 1. The number of aromatic nitrogens is 2. The summed E-state index contributed by atoms with van der Waals surface area (Å²) in [7, 11) is -1.98. The molecule has 0 saturated carbocycles. The molecule has 4 heterocycles. The van der Waals surface area contributed by atoms with Gasteiger partial charge in [0.1, 0.15) is 0 Å². The minimum Gasteiger partial charge on any atom is -0.362 e. The molecule has 2 atom stereocenters. The van der Waals surface area contributed by atoms with Crippen molar-refractivity contribution in [3.05, 3.63) is 35.3 Å². The summed E-state index contributed by atoms with van der Waals surface area (Å²) >= 11 is 0. The van der Waals surface area contributed by atoms with Gasteiger partial charge in [-0.15, -0.1) is 0 Å². The van der Waals surface area contributed by atoms with Crippen molar-refractivity contribution in [2.24, 2.45) is 28.1 Å². The van der Waals surface area contributed by atoms with E-state index in [1.54, 1.807) is 19.4 Å². The zero-order valence-electron chi connectivity index (χ0n) is 18.1. The molecule has 5 rings (SSSR count). The highest BCUT2D eigenvalue weighted by atomic mass is 32.2. The van der Waals surface area contributed by atoms with Gasteiger partial charge >= 0.3 is 0 Å². The van der Waals surface area contributed by atoms with Gasteiger partial charge in [0.25, 0.3) is 10.0 Å². The van der Waals surface area contributed by atoms with E-state index in [0.29, 0.717) is 38.8 Å². The van der Waals surface area contributed by atoms with E-state index in [0.717, 1.165) is 23.3 Å². The molecule has 1 N–H and O–H groups in total. The van der Waals surface area contributed by atoms with Crippen LogP contribution in [0.15, 0.2) is 50.6 Å². The second-order valence-electron chi connectivity index (χ2n) is 9.82. The number of nitrogens with zero attached hydrogens (tertiary/aromatic N) is 5. The normalized spacial score (nSPS) is 30.6. The molecule has 1 aromatic heterocycles. The van der Waals surface area contributed by atoms with Gasteiger partial charge in [-0.2, -0.15) is 19.6 Å². The molecule has 9 nitrogen and oxygen atoms in total. The first-order chi connectivity index (χ1) is 14.6. The number of fused-ring (bicyclic) bond motifs is 3. The molecule has 4 aliphatic rings. The molecule has 0 aromatic carbocycles. The zero-order valence-corrected chi connectivity index (χ0v) is 18.9. The highest BCUT2D eigenvalue weighted by molar-refractivity contribution is 7.89. The second-order valence-corrected chi connectivity index (χ2v) is 11.7. The highest BCUT2D eigenvalue weighted by Gasteiger charge is 2.53. The van der Waals surface area contributed by atoms with Gasteiger partial charge in [0.2, 0.25) is 0 Å². The first-order valence-electron chi connectivity index (χ1n) is 10.8. The molecule has 31 heavy (non-hydrogen) atoms. The van der Waals surface area contributed by atoms with Crippen molar-refractivity contribution >= 4 is 15.8 Å². The number of carbonyl (C=O) groups excluding carboxylic acids is 1. The van der Waals surface area contributed by atoms with Crippen LogP contribution in [0.25, 0.3) is 0 Å². The van der Waals surface area contributed by atoms with Crippen LogP contribution >= 0.6 is 0 Å². The van der Waals surface area contributed by atoms with E-state index in [-0.39, 0.29) is 22.4 Å². The number of rotatable bonds is 2. The quantitative estimate of drug-likeness (QED) is 0.754. The zero-order chi connectivity index (χ0) is 22.0. The molecule has 1 saturated heterocycles. The van der Waals surface area contributed by atoms with Crippen LogP contribution in [0, 0.1) is 10.8 Å². The summed E-state index contributed by atoms with van der Waals surface area (Å²) in [5, 5.41) is 16.1. The predicted octanol–water partition coefficient (Wildman–Crippen LogP) is 2.50. The fraction of sp³-hybridized carbons (Fsp3) is 0.619. The number of hydrogen-bond donors (Lipinski definition) is 1. The largest absolute Gasteiger partial charge is 0.362 e. The first kappa shape index (κ1) is 20.6. The van der Waals surface area contributed by atoms with Crippen LogP contribution < -0.4 is 5.32 Å². The SMILES string of the molecule is Cn1ccc(S(=O)(=O)N2CCC[C@]3(CC2)C2=CN=NC2NC2=C3C(=O)CC(C)(C)C2)n1. The van der Waals surface area contributed by atoms with Crippen LogP contribution in [0.1, 0.15) is 46.0 Å². The molecule has 0 bridgehead atoms. The van der Waals surface area contributed by atoms with Crippen LogP contribution in [0.5, 0.6) is 0 Å². The third-order valence-electron chi connectivity index (χ3n) is 6.98. The molecule has 0 amide bonds. The van der Waals surface area contributed by atoms with Crippen molar-refractivity contribution in [1.82, 2.24) is 19.4 Å². The van der Waals surface area contributed by atoms with Crippen LogP contribution in [0.4, 0.5) is 0 Å². The maximum atomic E-state index is 13.4. The van der Waals surface area contributed by atoms with Gasteiger partial charge in [-0.3, -0.25) is 9.48 Å². The molecule has 1 fully saturated rings. The second kappa shape index (κ2) is 6.83. The van der Waals surface area contributed by atoms with Crippen LogP contribution in [0.3, 0.4) is 0 Å². The van der Waals surface area contributed by atoms with Crippen molar-refractivity contribution < 1.29 is 13.2 Å². The minimum absolute atomic E-state index is 0.0645. The fourth-order valence-electron chi connectivity index (χ4n) is 5.65. The van der Waals surface area contributed by atoms with Crippen molar-refractivity contribution in [3.63, 3.8) is 0 Å². The lowest BCUT2D eigenvalue weighted by atomic mass is 9.60. The fourth-order valence-corrected chi connectivity index (χ4v) is 7.08. The van der Waals surface area contributed by atoms with Gasteiger partial charge in [0, 0.05) is 55.0 Å². The number of aryl methyl sites for hydroxylation is 1. The highest BCUT2D eigenvalue weighted by Crippen LogP contribution is 2.55. The minimum atomic E-state index is -3.68. The van der Waals surface area contributed by atoms with E-state index in [2.05, 4.69) is 34.5 Å². The first-order valence-corrected chi connectivity index (χ1v) is 12.2. The molecule has 10 heteroatoms. The Labute approximate surface area is 182 Å². The smallest absolute Gasteiger partial charge is 0.262 e. The summed E-state index contributed by atoms with van der Waals surface area (Å²) in [5.74, 6) is 0.158. The van der Waals surface area contributed by atoms with Crippen LogP contribution in [-0.2, 0) is 21.9 Å². The Balaban J connectivity index is 1.53.